The molecule has 0 amide bonds. The van der Waals surface area contributed by atoms with Crippen molar-refractivity contribution >= 4 is 32.6 Å². The first-order valence-corrected chi connectivity index (χ1v) is 10.2. The van der Waals surface area contributed by atoms with Gasteiger partial charge in [-0.25, -0.2) is 18.4 Å². The van der Waals surface area contributed by atoms with Gasteiger partial charge in [0.25, 0.3) is 0 Å². The molecular weight excluding hydrogens is 348 g/mol. The number of rotatable bonds is 4. The third-order valence-electron chi connectivity index (χ3n) is 4.50. The number of nitrogens with one attached hydrogen (secondary N) is 1. The van der Waals surface area contributed by atoms with Crippen LogP contribution in [0.5, 0.6) is 0 Å². The molecule has 1 aliphatic heterocycles. The van der Waals surface area contributed by atoms with E-state index in [1.54, 1.807) is 0 Å². The molecule has 6 nitrogen and oxygen atoms in total. The lowest BCUT2D eigenvalue weighted by molar-refractivity contribution is 0.599. The van der Waals surface area contributed by atoms with Crippen molar-refractivity contribution in [3.63, 3.8) is 0 Å². The maximum absolute atomic E-state index is 12.1. The van der Waals surface area contributed by atoms with Gasteiger partial charge in [0.2, 0.25) is 10.0 Å². The number of hydrogen-bond acceptors (Lipinski definition) is 5. The zero-order valence-electron chi connectivity index (χ0n) is 14.5. The molecule has 3 aromatic rings. The summed E-state index contributed by atoms with van der Waals surface area (Å²) in [5.74, 6) is 0.962. The number of hydrogen-bond donors (Lipinski definition) is 1. The van der Waals surface area contributed by atoms with Gasteiger partial charge in [0.1, 0.15) is 5.82 Å². The van der Waals surface area contributed by atoms with E-state index in [1.807, 2.05) is 55.5 Å². The van der Waals surface area contributed by atoms with Crippen LogP contribution in [-0.2, 0) is 16.6 Å². The van der Waals surface area contributed by atoms with E-state index in [0.29, 0.717) is 19.5 Å². The Morgan fingerprint density at radius 1 is 1.08 bits per heavy atom. The predicted molar refractivity (Wildman–Crippen MR) is 104 cm³/mol. The highest BCUT2D eigenvalue weighted by Crippen LogP contribution is 2.25. The number of aryl methyl sites for hydroxylation is 1. The van der Waals surface area contributed by atoms with Crippen LogP contribution in [0.25, 0.3) is 11.0 Å². The molecule has 0 spiro atoms. The normalized spacial score (nSPS) is 16.1. The summed E-state index contributed by atoms with van der Waals surface area (Å²) in [7, 11) is -3.16. The van der Waals surface area contributed by atoms with Crippen molar-refractivity contribution in [1.82, 2.24) is 9.97 Å². The Hall–Kier alpha value is -2.67. The molecule has 0 unspecified atom stereocenters. The summed E-state index contributed by atoms with van der Waals surface area (Å²) in [6.07, 6.45) is 0.677. The first kappa shape index (κ1) is 16.8. The number of benzene rings is 2. The van der Waals surface area contributed by atoms with E-state index in [2.05, 4.69) is 15.3 Å². The van der Waals surface area contributed by atoms with Crippen LogP contribution in [0.1, 0.15) is 17.7 Å². The van der Waals surface area contributed by atoms with Crippen LogP contribution in [0.4, 0.5) is 11.5 Å². The van der Waals surface area contributed by atoms with Crippen LogP contribution >= 0.6 is 0 Å². The minimum atomic E-state index is -3.16. The van der Waals surface area contributed by atoms with Gasteiger partial charge in [-0.1, -0.05) is 24.3 Å². The fourth-order valence-electron chi connectivity index (χ4n) is 3.19. The van der Waals surface area contributed by atoms with Crippen molar-refractivity contribution in [2.75, 3.05) is 21.9 Å². The summed E-state index contributed by atoms with van der Waals surface area (Å²) in [6.45, 7) is 3.03. The van der Waals surface area contributed by atoms with Crippen molar-refractivity contribution in [2.24, 2.45) is 0 Å². The lowest BCUT2D eigenvalue weighted by atomic mass is 10.2. The fraction of sp³-hybridized carbons (Fsp3) is 0.263. The summed E-state index contributed by atoms with van der Waals surface area (Å²) >= 11 is 0. The third-order valence-corrected chi connectivity index (χ3v) is 6.37. The summed E-state index contributed by atoms with van der Waals surface area (Å²) in [5, 5.41) is 3.32. The van der Waals surface area contributed by atoms with E-state index >= 15 is 0 Å². The first-order valence-electron chi connectivity index (χ1n) is 8.59. The second kappa shape index (κ2) is 6.57. The van der Waals surface area contributed by atoms with Crippen LogP contribution < -0.4 is 9.62 Å². The fourth-order valence-corrected chi connectivity index (χ4v) is 4.75. The molecule has 0 atom stereocenters. The van der Waals surface area contributed by atoms with Gasteiger partial charge in [0, 0.05) is 13.1 Å². The summed E-state index contributed by atoms with van der Waals surface area (Å²) in [4.78, 5) is 9.21. The van der Waals surface area contributed by atoms with Gasteiger partial charge in [-0.3, -0.25) is 4.31 Å². The highest BCUT2D eigenvalue weighted by atomic mass is 32.2. The van der Waals surface area contributed by atoms with Gasteiger partial charge in [-0.15, -0.1) is 0 Å². The van der Waals surface area contributed by atoms with E-state index < -0.39 is 10.0 Å². The molecule has 134 valence electrons. The van der Waals surface area contributed by atoms with Crippen molar-refractivity contribution in [2.45, 2.75) is 19.9 Å². The highest BCUT2D eigenvalue weighted by Gasteiger charge is 2.28. The molecule has 1 N–H and O–H groups in total. The Labute approximate surface area is 152 Å². The van der Waals surface area contributed by atoms with Crippen LogP contribution in [-0.4, -0.2) is 30.7 Å². The summed E-state index contributed by atoms with van der Waals surface area (Å²) in [6, 6.07) is 15.4. The number of sulfonamides is 1. The molecular formula is C19H20N4O2S. The zero-order valence-corrected chi connectivity index (χ0v) is 15.3. The molecule has 1 saturated heterocycles. The van der Waals surface area contributed by atoms with Crippen molar-refractivity contribution in [1.29, 1.82) is 0 Å². The van der Waals surface area contributed by atoms with Gasteiger partial charge in [0.05, 0.1) is 28.2 Å². The largest absolute Gasteiger partial charge is 0.364 e. The van der Waals surface area contributed by atoms with Gasteiger partial charge in [-0.05, 0) is 43.2 Å². The van der Waals surface area contributed by atoms with Crippen LogP contribution in [0.2, 0.25) is 0 Å². The molecule has 0 radical (unpaired) electrons. The Balaban J connectivity index is 1.55. The van der Waals surface area contributed by atoms with E-state index in [1.165, 1.54) is 4.31 Å². The van der Waals surface area contributed by atoms with Gasteiger partial charge in [0.15, 0.2) is 0 Å². The molecule has 7 heteroatoms. The molecule has 4 rings (SSSR count). The number of fused-ring (bicyclic) bond motifs is 1. The van der Waals surface area contributed by atoms with E-state index in [-0.39, 0.29) is 5.75 Å². The number of anilines is 2. The highest BCUT2D eigenvalue weighted by molar-refractivity contribution is 7.93. The van der Waals surface area contributed by atoms with Gasteiger partial charge < -0.3 is 5.32 Å². The molecule has 0 bridgehead atoms. The van der Waals surface area contributed by atoms with Crippen LogP contribution in [0.3, 0.4) is 0 Å². The molecule has 2 heterocycles. The second-order valence-electron chi connectivity index (χ2n) is 6.41. The van der Waals surface area contributed by atoms with Crippen LogP contribution in [0.15, 0.2) is 48.5 Å². The second-order valence-corrected chi connectivity index (χ2v) is 8.42. The maximum Gasteiger partial charge on any atom is 0.235 e. The van der Waals surface area contributed by atoms with E-state index in [4.69, 9.17) is 0 Å². The van der Waals surface area contributed by atoms with Crippen LogP contribution in [0, 0.1) is 6.92 Å². The molecule has 1 aromatic heterocycles. The Morgan fingerprint density at radius 2 is 1.85 bits per heavy atom. The van der Waals surface area contributed by atoms with E-state index in [0.717, 1.165) is 33.8 Å². The number of para-hydroxylation sites is 2. The number of nitrogens with zero attached hydrogens (tertiary/aromatic N) is 3. The minimum absolute atomic E-state index is 0.224. The minimum Gasteiger partial charge on any atom is -0.364 e. The SMILES string of the molecule is Cc1nc2ccccc2nc1NCc1cccc(N2CCCS2(=O)=O)c1. The average molecular weight is 368 g/mol. The smallest absolute Gasteiger partial charge is 0.235 e. The predicted octanol–water partition coefficient (Wildman–Crippen LogP) is 3.09. The quantitative estimate of drug-likeness (QED) is 0.766. The topological polar surface area (TPSA) is 75.2 Å². The Kier molecular flexibility index (Phi) is 4.24. The summed E-state index contributed by atoms with van der Waals surface area (Å²) < 4.78 is 25.7. The van der Waals surface area contributed by atoms with Crippen molar-refractivity contribution in [3.05, 3.63) is 59.8 Å². The molecule has 26 heavy (non-hydrogen) atoms. The monoisotopic (exact) mass is 368 g/mol. The molecule has 0 saturated carbocycles. The molecule has 2 aromatic carbocycles. The van der Waals surface area contributed by atoms with Crippen molar-refractivity contribution < 1.29 is 8.42 Å². The Bertz CT molecular complexity index is 1070. The first-order chi connectivity index (χ1) is 12.5. The van der Waals surface area contributed by atoms with Crippen molar-refractivity contribution in [3.8, 4) is 0 Å². The molecule has 1 fully saturated rings. The zero-order chi connectivity index (χ0) is 18.1. The number of aromatic nitrogens is 2. The lowest BCUT2D eigenvalue weighted by Crippen LogP contribution is -2.25. The third kappa shape index (κ3) is 3.22. The van der Waals surface area contributed by atoms with Gasteiger partial charge >= 0.3 is 0 Å². The Morgan fingerprint density at radius 3 is 2.58 bits per heavy atom. The molecule has 1 aliphatic rings. The standard InChI is InChI=1S/C19H20N4O2S/c1-14-19(22-18-9-3-2-8-17(18)21-14)20-13-15-6-4-7-16(12-15)23-10-5-11-26(23,24)25/h2-4,6-9,12H,5,10-11,13H2,1H3,(H,20,22). The average Bonchev–Trinajstić information content (AvgIpc) is 2.99. The molecule has 0 aliphatic carbocycles. The van der Waals surface area contributed by atoms with Gasteiger partial charge in [-0.2, -0.15) is 0 Å². The van der Waals surface area contributed by atoms with E-state index in [9.17, 15) is 8.42 Å². The maximum atomic E-state index is 12.1. The summed E-state index contributed by atoms with van der Waals surface area (Å²) in [5.41, 5.74) is 4.28. The lowest BCUT2D eigenvalue weighted by Gasteiger charge is -2.18.